The minimum absolute atomic E-state index is 0.0305. The van der Waals surface area contributed by atoms with Gasteiger partial charge in [0, 0.05) is 27.7 Å². The van der Waals surface area contributed by atoms with Gasteiger partial charge in [0.15, 0.2) is 5.16 Å². The number of hydrogen-bond acceptors (Lipinski definition) is 8. The van der Waals surface area contributed by atoms with Crippen LogP contribution in [0, 0.1) is 0 Å². The van der Waals surface area contributed by atoms with Gasteiger partial charge in [0.1, 0.15) is 5.82 Å². The number of para-hydroxylation sites is 2. The molecule has 0 amide bonds. The number of nitrogens with zero attached hydrogens (tertiary/aromatic N) is 6. The summed E-state index contributed by atoms with van der Waals surface area (Å²) < 4.78 is 7.42. The smallest absolute Gasteiger partial charge is 0.229 e. The number of thioether (sulfide) groups is 1. The highest BCUT2D eigenvalue weighted by Gasteiger charge is 2.19. The zero-order chi connectivity index (χ0) is 18.7. The first-order chi connectivity index (χ1) is 12.5. The molecule has 138 valence electrons. The number of hydrogen-bond donors (Lipinski definition) is 1. The van der Waals surface area contributed by atoms with Gasteiger partial charge in [0.25, 0.3) is 0 Å². The third kappa shape index (κ3) is 3.88. The van der Waals surface area contributed by atoms with Crippen molar-refractivity contribution in [3.05, 3.63) is 30.1 Å². The van der Waals surface area contributed by atoms with Crippen molar-refractivity contribution in [2.24, 2.45) is 0 Å². The van der Waals surface area contributed by atoms with Crippen molar-refractivity contribution >= 4 is 34.7 Å². The summed E-state index contributed by atoms with van der Waals surface area (Å²) in [7, 11) is 5.45. The van der Waals surface area contributed by atoms with Gasteiger partial charge >= 0.3 is 0 Å². The van der Waals surface area contributed by atoms with Gasteiger partial charge in [-0.3, -0.25) is 0 Å². The lowest BCUT2D eigenvalue weighted by Gasteiger charge is -2.15. The molecule has 0 aliphatic carbocycles. The molecule has 0 fully saturated rings. The summed E-state index contributed by atoms with van der Waals surface area (Å²) in [5.41, 5.74) is 7.90. The van der Waals surface area contributed by atoms with Crippen LogP contribution in [0.15, 0.2) is 29.4 Å². The molecular weight excluding hydrogens is 350 g/mol. The Hall–Kier alpha value is -2.39. The second kappa shape index (κ2) is 7.88. The monoisotopic (exact) mass is 373 g/mol. The second-order valence-corrected chi connectivity index (χ2v) is 7.34. The number of imidazole rings is 1. The fraction of sp³-hybridized carbons (Fsp3) is 0.412. The molecule has 9 heteroatoms. The van der Waals surface area contributed by atoms with Crippen molar-refractivity contribution in [1.82, 2.24) is 24.5 Å². The first-order valence-corrected chi connectivity index (χ1v) is 9.17. The van der Waals surface area contributed by atoms with Crippen LogP contribution in [-0.4, -0.2) is 52.3 Å². The quantitative estimate of drug-likeness (QED) is 0.631. The summed E-state index contributed by atoms with van der Waals surface area (Å²) in [4.78, 5) is 19.6. The van der Waals surface area contributed by atoms with Crippen molar-refractivity contribution in [2.75, 3.05) is 38.4 Å². The molecular formula is C17H23N7OS. The molecule has 2 N–H and O–H groups in total. The highest BCUT2D eigenvalue weighted by Crippen LogP contribution is 2.35. The lowest BCUT2D eigenvalue weighted by Crippen LogP contribution is -2.16. The van der Waals surface area contributed by atoms with E-state index in [0.717, 1.165) is 22.7 Å². The summed E-state index contributed by atoms with van der Waals surface area (Å²) in [5.74, 6) is 1.41. The zero-order valence-corrected chi connectivity index (χ0v) is 16.2. The first kappa shape index (κ1) is 18.4. The molecule has 0 saturated carbocycles. The molecule has 0 aliphatic heterocycles. The van der Waals surface area contributed by atoms with Crippen LogP contribution >= 0.6 is 11.8 Å². The summed E-state index contributed by atoms with van der Waals surface area (Å²) >= 11 is 1.60. The molecule has 0 aliphatic rings. The Balaban J connectivity index is 1.93. The number of aromatic nitrogens is 5. The van der Waals surface area contributed by atoms with E-state index in [2.05, 4.69) is 25.6 Å². The summed E-state index contributed by atoms with van der Waals surface area (Å²) in [5, 5.41) is 0.873. The average molecular weight is 373 g/mol. The normalized spacial score (nSPS) is 12.5. The van der Waals surface area contributed by atoms with E-state index in [4.69, 9.17) is 15.5 Å². The molecule has 1 aromatic carbocycles. The molecule has 26 heavy (non-hydrogen) atoms. The largest absolute Gasteiger partial charge is 0.383 e. The Labute approximate surface area is 156 Å². The Morgan fingerprint density at radius 1 is 1.19 bits per heavy atom. The minimum Gasteiger partial charge on any atom is -0.383 e. The lowest BCUT2D eigenvalue weighted by atomic mass is 10.3. The molecule has 8 nitrogen and oxygen atoms in total. The highest BCUT2D eigenvalue weighted by molar-refractivity contribution is 7.99. The van der Waals surface area contributed by atoms with Gasteiger partial charge < -0.3 is 19.9 Å². The summed E-state index contributed by atoms with van der Waals surface area (Å²) in [6.45, 7) is 3.39. The van der Waals surface area contributed by atoms with E-state index in [9.17, 15) is 0 Å². The topological polar surface area (TPSA) is 95.0 Å². The molecule has 3 aromatic rings. The molecule has 2 heterocycles. The van der Waals surface area contributed by atoms with Gasteiger partial charge in [-0.15, -0.1) is 0 Å². The highest BCUT2D eigenvalue weighted by atomic mass is 32.2. The van der Waals surface area contributed by atoms with Gasteiger partial charge in [-0.25, -0.2) is 4.98 Å². The van der Waals surface area contributed by atoms with Crippen molar-refractivity contribution in [2.45, 2.75) is 23.9 Å². The van der Waals surface area contributed by atoms with E-state index < -0.39 is 0 Å². The van der Waals surface area contributed by atoms with E-state index >= 15 is 0 Å². The number of ether oxygens (including phenoxy) is 1. The van der Waals surface area contributed by atoms with Crippen LogP contribution in [0.3, 0.4) is 0 Å². The van der Waals surface area contributed by atoms with Crippen LogP contribution in [0.2, 0.25) is 0 Å². The van der Waals surface area contributed by atoms with E-state index in [1.807, 2.05) is 44.1 Å². The van der Waals surface area contributed by atoms with Crippen LogP contribution in [0.5, 0.6) is 0 Å². The molecule has 0 spiro atoms. The zero-order valence-electron chi connectivity index (χ0n) is 15.4. The predicted octanol–water partition coefficient (Wildman–Crippen LogP) is 2.37. The van der Waals surface area contributed by atoms with Crippen molar-refractivity contribution in [3.63, 3.8) is 0 Å². The second-order valence-electron chi connectivity index (χ2n) is 6.03. The van der Waals surface area contributed by atoms with Gasteiger partial charge in [0.05, 0.1) is 22.9 Å². The van der Waals surface area contributed by atoms with Crippen molar-refractivity contribution < 1.29 is 4.74 Å². The summed E-state index contributed by atoms with van der Waals surface area (Å²) in [6.07, 6.45) is 0. The Morgan fingerprint density at radius 2 is 1.96 bits per heavy atom. The van der Waals surface area contributed by atoms with Crippen LogP contribution < -0.4 is 10.6 Å². The maximum absolute atomic E-state index is 5.85. The molecule has 2 aromatic heterocycles. The molecule has 0 radical (unpaired) electrons. The summed E-state index contributed by atoms with van der Waals surface area (Å²) in [6, 6.07) is 8.08. The molecule has 0 bridgehead atoms. The fourth-order valence-corrected chi connectivity index (χ4v) is 3.53. The lowest BCUT2D eigenvalue weighted by molar-refractivity contribution is 0.186. The third-order valence-electron chi connectivity index (χ3n) is 3.84. The standard InChI is InChI=1S/C17H23N7OS/c1-11(14-20-15(18)22-16(21-14)23(2)3)26-17-19-12-7-5-6-8-13(12)24(17)9-10-25-4/h5-8,11H,9-10H2,1-4H3,(H2,18,20,21,22). The van der Waals surface area contributed by atoms with Crippen molar-refractivity contribution in [3.8, 4) is 0 Å². The number of nitrogens with two attached hydrogens (primary N) is 1. The molecule has 1 unspecified atom stereocenters. The molecule has 0 saturated heterocycles. The van der Waals surface area contributed by atoms with E-state index in [0.29, 0.717) is 18.4 Å². The fourth-order valence-electron chi connectivity index (χ4n) is 2.53. The number of nitrogen functional groups attached to an aromatic ring is 1. The van der Waals surface area contributed by atoms with Crippen LogP contribution in [0.4, 0.5) is 11.9 Å². The van der Waals surface area contributed by atoms with Gasteiger partial charge in [-0.2, -0.15) is 15.0 Å². The molecule has 1 atom stereocenters. The number of methoxy groups -OCH3 is 1. The predicted molar refractivity (Wildman–Crippen MR) is 104 cm³/mol. The Bertz CT molecular complexity index is 896. The average Bonchev–Trinajstić information content (AvgIpc) is 2.96. The number of fused-ring (bicyclic) bond motifs is 1. The van der Waals surface area contributed by atoms with Crippen LogP contribution in [0.1, 0.15) is 18.0 Å². The van der Waals surface area contributed by atoms with Crippen molar-refractivity contribution in [1.29, 1.82) is 0 Å². The third-order valence-corrected chi connectivity index (χ3v) is 4.93. The van der Waals surface area contributed by atoms with Gasteiger partial charge in [-0.1, -0.05) is 23.9 Å². The van der Waals surface area contributed by atoms with E-state index in [-0.39, 0.29) is 11.2 Å². The SMILES string of the molecule is COCCn1c(SC(C)c2nc(N)nc(N(C)C)n2)nc2ccccc21. The Kier molecular flexibility index (Phi) is 5.58. The van der Waals surface area contributed by atoms with Crippen LogP contribution in [0.25, 0.3) is 11.0 Å². The Morgan fingerprint density at radius 3 is 2.69 bits per heavy atom. The van der Waals surface area contributed by atoms with Gasteiger partial charge in [0.2, 0.25) is 11.9 Å². The molecule has 3 rings (SSSR count). The number of rotatable bonds is 7. The van der Waals surface area contributed by atoms with E-state index in [1.165, 1.54) is 0 Å². The maximum Gasteiger partial charge on any atom is 0.229 e. The van der Waals surface area contributed by atoms with E-state index in [1.54, 1.807) is 18.9 Å². The number of anilines is 2. The van der Waals surface area contributed by atoms with Crippen LogP contribution in [-0.2, 0) is 11.3 Å². The first-order valence-electron chi connectivity index (χ1n) is 8.29. The van der Waals surface area contributed by atoms with Gasteiger partial charge in [-0.05, 0) is 19.1 Å². The minimum atomic E-state index is -0.0305. The number of benzene rings is 1. The maximum atomic E-state index is 5.85.